The van der Waals surface area contributed by atoms with Crippen LogP contribution in [0.2, 0.25) is 5.02 Å². The molecule has 102 valence electrons. The molecule has 0 amide bonds. The Balaban J connectivity index is 2.38. The Kier molecular flexibility index (Phi) is 2.87. The first-order valence-electron chi connectivity index (χ1n) is 5.87. The summed E-state index contributed by atoms with van der Waals surface area (Å²) in [6.45, 7) is 1.81. The van der Waals surface area contributed by atoms with Crippen LogP contribution in [-0.2, 0) is 0 Å². The molecule has 3 rings (SSSR count). The molecule has 0 aliphatic rings. The molecule has 2 N–H and O–H groups in total. The number of fused-ring (bicyclic) bond motifs is 1. The van der Waals surface area contributed by atoms with E-state index in [0.717, 1.165) is 5.56 Å². The fourth-order valence-corrected chi connectivity index (χ4v) is 2.33. The molecule has 0 unspecified atom stereocenters. The first kappa shape index (κ1) is 12.9. The van der Waals surface area contributed by atoms with Crippen LogP contribution in [0.4, 0.5) is 14.7 Å². The van der Waals surface area contributed by atoms with Crippen molar-refractivity contribution in [2.75, 3.05) is 5.73 Å². The molecule has 6 heteroatoms. The van der Waals surface area contributed by atoms with Crippen molar-refractivity contribution >= 4 is 28.6 Å². The molecule has 2 aromatic carbocycles. The predicted molar refractivity (Wildman–Crippen MR) is 75.1 cm³/mol. The topological polar surface area (TPSA) is 43.8 Å². The number of aryl methyl sites for hydroxylation is 1. The lowest BCUT2D eigenvalue weighted by Gasteiger charge is -2.10. The molecule has 1 aromatic heterocycles. The maximum absolute atomic E-state index is 13.6. The van der Waals surface area contributed by atoms with Gasteiger partial charge in [0.05, 0.1) is 21.7 Å². The first-order chi connectivity index (χ1) is 9.47. The molecule has 0 atom stereocenters. The number of anilines is 1. The van der Waals surface area contributed by atoms with E-state index in [-0.39, 0.29) is 11.0 Å². The van der Waals surface area contributed by atoms with Crippen molar-refractivity contribution in [3.8, 4) is 5.69 Å². The number of halogens is 3. The van der Waals surface area contributed by atoms with E-state index in [2.05, 4.69) is 4.98 Å². The molecule has 20 heavy (non-hydrogen) atoms. The van der Waals surface area contributed by atoms with Gasteiger partial charge in [0, 0.05) is 6.07 Å². The fraction of sp³-hybridized carbons (Fsp3) is 0.0714. The van der Waals surface area contributed by atoms with E-state index in [1.165, 1.54) is 28.8 Å². The molecular weight excluding hydrogens is 284 g/mol. The summed E-state index contributed by atoms with van der Waals surface area (Å²) in [6, 6.07) is 6.95. The van der Waals surface area contributed by atoms with Crippen LogP contribution in [0.1, 0.15) is 5.56 Å². The van der Waals surface area contributed by atoms with E-state index in [9.17, 15) is 8.78 Å². The second-order valence-electron chi connectivity index (χ2n) is 4.49. The normalized spacial score (nSPS) is 11.2. The average molecular weight is 294 g/mol. The second-order valence-corrected chi connectivity index (χ2v) is 4.90. The lowest BCUT2D eigenvalue weighted by Crippen LogP contribution is -2.03. The largest absolute Gasteiger partial charge is 0.369 e. The molecule has 0 aliphatic heterocycles. The molecule has 0 aliphatic carbocycles. The number of imidazole rings is 1. The SMILES string of the molecule is Cc1ccc(F)cc1-n1c(N)nc2cc(Cl)c(F)cc21. The fourth-order valence-electron chi connectivity index (χ4n) is 2.17. The van der Waals surface area contributed by atoms with Gasteiger partial charge in [-0.2, -0.15) is 0 Å². The Labute approximate surface area is 118 Å². The van der Waals surface area contributed by atoms with Crippen molar-refractivity contribution in [2.45, 2.75) is 6.92 Å². The first-order valence-corrected chi connectivity index (χ1v) is 6.24. The minimum absolute atomic E-state index is 0.0295. The van der Waals surface area contributed by atoms with Gasteiger partial charge in [-0.1, -0.05) is 17.7 Å². The van der Waals surface area contributed by atoms with Crippen LogP contribution >= 0.6 is 11.6 Å². The molecule has 1 heterocycles. The number of benzene rings is 2. The van der Waals surface area contributed by atoms with Crippen molar-refractivity contribution in [1.29, 1.82) is 0 Å². The monoisotopic (exact) mass is 293 g/mol. The van der Waals surface area contributed by atoms with E-state index in [4.69, 9.17) is 17.3 Å². The third kappa shape index (κ3) is 1.91. The van der Waals surface area contributed by atoms with Gasteiger partial charge in [-0.3, -0.25) is 4.57 Å². The third-order valence-electron chi connectivity index (χ3n) is 3.13. The zero-order valence-corrected chi connectivity index (χ0v) is 11.2. The highest BCUT2D eigenvalue weighted by Crippen LogP contribution is 2.29. The van der Waals surface area contributed by atoms with Gasteiger partial charge in [0.1, 0.15) is 11.6 Å². The number of nitrogens with zero attached hydrogens (tertiary/aromatic N) is 2. The standard InChI is InChI=1S/C14H10ClF2N3/c1-7-2-3-8(16)4-12(7)20-13-6-10(17)9(15)5-11(13)19-14(20)18/h2-6H,1H3,(H2,18,19). The molecule has 0 saturated heterocycles. The number of nitrogens with two attached hydrogens (primary N) is 1. The van der Waals surface area contributed by atoms with E-state index < -0.39 is 11.6 Å². The summed E-state index contributed by atoms with van der Waals surface area (Å²) >= 11 is 5.73. The van der Waals surface area contributed by atoms with Crippen LogP contribution in [0.15, 0.2) is 30.3 Å². The Morgan fingerprint density at radius 2 is 1.95 bits per heavy atom. The van der Waals surface area contributed by atoms with Crippen molar-refractivity contribution in [1.82, 2.24) is 9.55 Å². The van der Waals surface area contributed by atoms with E-state index in [1.54, 1.807) is 6.07 Å². The number of rotatable bonds is 1. The average Bonchev–Trinajstić information content (AvgIpc) is 2.69. The summed E-state index contributed by atoms with van der Waals surface area (Å²) in [6.07, 6.45) is 0. The van der Waals surface area contributed by atoms with Gasteiger partial charge in [-0.15, -0.1) is 0 Å². The summed E-state index contributed by atoms with van der Waals surface area (Å²) < 4.78 is 28.6. The van der Waals surface area contributed by atoms with Gasteiger partial charge >= 0.3 is 0 Å². The molecule has 0 fully saturated rings. The highest BCUT2D eigenvalue weighted by molar-refractivity contribution is 6.31. The van der Waals surface area contributed by atoms with Crippen LogP contribution in [0.3, 0.4) is 0 Å². The highest BCUT2D eigenvalue weighted by atomic mass is 35.5. The second kappa shape index (κ2) is 4.45. The molecule has 0 radical (unpaired) electrons. The molecule has 0 spiro atoms. The number of nitrogen functional groups attached to an aromatic ring is 1. The Morgan fingerprint density at radius 3 is 2.70 bits per heavy atom. The van der Waals surface area contributed by atoms with Crippen LogP contribution < -0.4 is 5.73 Å². The number of hydrogen-bond donors (Lipinski definition) is 1. The highest BCUT2D eigenvalue weighted by Gasteiger charge is 2.15. The molecule has 3 aromatic rings. The van der Waals surface area contributed by atoms with Gasteiger partial charge in [0.2, 0.25) is 5.95 Å². The smallest absolute Gasteiger partial charge is 0.205 e. The zero-order valence-electron chi connectivity index (χ0n) is 10.5. The summed E-state index contributed by atoms with van der Waals surface area (Å²) in [5, 5.41) is -0.0295. The van der Waals surface area contributed by atoms with Gasteiger partial charge < -0.3 is 5.73 Å². The van der Waals surface area contributed by atoms with E-state index in [1.807, 2.05) is 6.92 Å². The van der Waals surface area contributed by atoms with Crippen molar-refractivity contribution < 1.29 is 8.78 Å². The summed E-state index contributed by atoms with van der Waals surface area (Å²) in [4.78, 5) is 4.13. The molecular formula is C14H10ClF2N3. The van der Waals surface area contributed by atoms with Crippen molar-refractivity contribution in [3.63, 3.8) is 0 Å². The van der Waals surface area contributed by atoms with Crippen LogP contribution in [-0.4, -0.2) is 9.55 Å². The maximum atomic E-state index is 13.6. The van der Waals surface area contributed by atoms with Gasteiger partial charge in [0.15, 0.2) is 0 Å². The lowest BCUT2D eigenvalue weighted by atomic mass is 10.2. The number of hydrogen-bond acceptors (Lipinski definition) is 2. The van der Waals surface area contributed by atoms with Gasteiger partial charge in [-0.25, -0.2) is 13.8 Å². The van der Waals surface area contributed by atoms with Crippen LogP contribution in [0.5, 0.6) is 0 Å². The third-order valence-corrected chi connectivity index (χ3v) is 3.42. The number of aromatic nitrogens is 2. The van der Waals surface area contributed by atoms with Crippen molar-refractivity contribution in [3.05, 3.63) is 52.6 Å². The van der Waals surface area contributed by atoms with E-state index in [0.29, 0.717) is 16.7 Å². The zero-order chi connectivity index (χ0) is 14.4. The van der Waals surface area contributed by atoms with Crippen LogP contribution in [0.25, 0.3) is 16.7 Å². The van der Waals surface area contributed by atoms with E-state index >= 15 is 0 Å². The Bertz CT molecular complexity index is 827. The summed E-state index contributed by atoms with van der Waals surface area (Å²) in [5.74, 6) is -0.828. The quantitative estimate of drug-likeness (QED) is 0.740. The molecule has 0 saturated carbocycles. The lowest BCUT2D eigenvalue weighted by molar-refractivity contribution is 0.626. The summed E-state index contributed by atoms with van der Waals surface area (Å²) in [7, 11) is 0. The molecule has 0 bridgehead atoms. The van der Waals surface area contributed by atoms with Gasteiger partial charge in [0.25, 0.3) is 0 Å². The minimum Gasteiger partial charge on any atom is -0.369 e. The Morgan fingerprint density at radius 1 is 1.20 bits per heavy atom. The van der Waals surface area contributed by atoms with Crippen LogP contribution in [0, 0.1) is 18.6 Å². The maximum Gasteiger partial charge on any atom is 0.205 e. The predicted octanol–water partition coefficient (Wildman–Crippen LogP) is 3.85. The van der Waals surface area contributed by atoms with Crippen molar-refractivity contribution in [2.24, 2.45) is 0 Å². The molecule has 3 nitrogen and oxygen atoms in total. The minimum atomic E-state index is -0.575. The Hall–Kier alpha value is -2.14. The van der Waals surface area contributed by atoms with Gasteiger partial charge in [-0.05, 0) is 30.7 Å². The summed E-state index contributed by atoms with van der Waals surface area (Å²) in [5.41, 5.74) is 8.09.